The average Bonchev–Trinajstić information content (AvgIpc) is 2.64. The Bertz CT molecular complexity index is 880. The normalized spacial score (nSPS) is 26.6. The molecule has 2 aliphatic heterocycles. The van der Waals surface area contributed by atoms with Gasteiger partial charge in [-0.1, -0.05) is 59.7 Å². The molecule has 0 aromatic heterocycles. The minimum Gasteiger partial charge on any atom is -0.318 e. The van der Waals surface area contributed by atoms with Gasteiger partial charge in [-0.2, -0.15) is 4.39 Å². The summed E-state index contributed by atoms with van der Waals surface area (Å²) in [5.41, 5.74) is 2.25. The highest BCUT2D eigenvalue weighted by molar-refractivity contribution is 6.02. The molecule has 0 bridgehead atoms. The van der Waals surface area contributed by atoms with E-state index in [0.717, 1.165) is 16.0 Å². The van der Waals surface area contributed by atoms with E-state index in [4.69, 9.17) is 4.74 Å². The maximum Gasteiger partial charge on any atom is 0.326 e. The summed E-state index contributed by atoms with van der Waals surface area (Å²) in [5.74, 6) is -3.54. The number of halogens is 1. The van der Waals surface area contributed by atoms with E-state index in [1.165, 1.54) is 19.0 Å². The summed E-state index contributed by atoms with van der Waals surface area (Å²) in [6, 6.07) is 13.4. The van der Waals surface area contributed by atoms with Crippen molar-refractivity contribution in [2.75, 3.05) is 14.1 Å². The molecular weight excluding hydrogens is 347 g/mol. The topological polar surface area (TPSA) is 49.9 Å². The van der Waals surface area contributed by atoms with Crippen LogP contribution in [0.15, 0.2) is 48.5 Å². The fraction of sp³-hybridized carbons (Fsp3) is 0.333. The Morgan fingerprint density at radius 1 is 0.889 bits per heavy atom. The third-order valence-electron chi connectivity index (χ3n) is 5.58. The Morgan fingerprint density at radius 3 is 1.78 bits per heavy atom. The molecule has 2 aromatic rings. The number of benzene rings is 2. The number of rotatable bonds is 2. The van der Waals surface area contributed by atoms with Crippen molar-refractivity contribution in [3.63, 3.8) is 0 Å². The van der Waals surface area contributed by atoms with Crippen molar-refractivity contribution in [1.29, 1.82) is 0 Å². The van der Waals surface area contributed by atoms with Gasteiger partial charge >= 0.3 is 11.9 Å². The molecule has 2 atom stereocenters. The summed E-state index contributed by atoms with van der Waals surface area (Å²) in [5, 5.41) is 0. The summed E-state index contributed by atoms with van der Waals surface area (Å²) in [7, 11) is 2.77. The lowest BCUT2D eigenvalue weighted by atomic mass is 9.69. The Morgan fingerprint density at radius 2 is 1.33 bits per heavy atom. The molecule has 2 saturated heterocycles. The third kappa shape index (κ3) is 2.19. The highest BCUT2D eigenvalue weighted by atomic mass is 19.2. The van der Waals surface area contributed by atoms with Crippen LogP contribution in [0, 0.1) is 13.8 Å². The lowest BCUT2D eigenvalue weighted by Gasteiger charge is -2.62. The number of alkyl halides is 1. The van der Waals surface area contributed by atoms with Crippen molar-refractivity contribution < 1.29 is 18.7 Å². The van der Waals surface area contributed by atoms with E-state index in [9.17, 15) is 9.59 Å². The number of carbonyl (C=O) groups is 2. The molecule has 0 spiro atoms. The molecule has 27 heavy (non-hydrogen) atoms. The molecule has 0 radical (unpaired) electrons. The van der Waals surface area contributed by atoms with E-state index in [1.807, 2.05) is 62.4 Å². The van der Waals surface area contributed by atoms with E-state index in [1.54, 1.807) is 0 Å². The second-order valence-electron chi connectivity index (χ2n) is 7.37. The van der Waals surface area contributed by atoms with Crippen molar-refractivity contribution in [2.45, 2.75) is 31.3 Å². The van der Waals surface area contributed by atoms with E-state index >= 15 is 4.39 Å². The van der Waals surface area contributed by atoms with E-state index in [0.29, 0.717) is 11.1 Å². The molecule has 6 heteroatoms. The van der Waals surface area contributed by atoms with Crippen LogP contribution in [0.1, 0.15) is 22.3 Å². The van der Waals surface area contributed by atoms with Gasteiger partial charge in [0.1, 0.15) is 11.6 Å². The average molecular weight is 368 g/mol. The number of imide groups is 1. The molecule has 2 fully saturated rings. The van der Waals surface area contributed by atoms with E-state index < -0.39 is 29.4 Å². The number of ether oxygens (including phenoxy) is 1. The minimum absolute atomic E-state index is 0.551. The van der Waals surface area contributed by atoms with Crippen LogP contribution >= 0.6 is 0 Å². The molecule has 0 aliphatic carbocycles. The molecule has 3 amide bonds. The van der Waals surface area contributed by atoms with Gasteiger partial charge < -0.3 is 9.64 Å². The first-order valence-corrected chi connectivity index (χ1v) is 8.80. The van der Waals surface area contributed by atoms with Crippen LogP contribution in [0.25, 0.3) is 0 Å². The fourth-order valence-electron chi connectivity index (χ4n) is 4.10. The van der Waals surface area contributed by atoms with Crippen molar-refractivity contribution in [3.05, 3.63) is 70.8 Å². The smallest absolute Gasteiger partial charge is 0.318 e. The van der Waals surface area contributed by atoms with Crippen LogP contribution < -0.4 is 0 Å². The first-order valence-electron chi connectivity index (χ1n) is 8.80. The zero-order chi connectivity index (χ0) is 19.6. The van der Waals surface area contributed by atoms with E-state index in [2.05, 4.69) is 0 Å². The van der Waals surface area contributed by atoms with Crippen molar-refractivity contribution in [2.24, 2.45) is 0 Å². The highest BCUT2D eigenvalue weighted by Crippen LogP contribution is 2.57. The Balaban J connectivity index is 1.93. The van der Waals surface area contributed by atoms with Crippen LogP contribution in [0.2, 0.25) is 0 Å². The first kappa shape index (κ1) is 17.7. The quantitative estimate of drug-likeness (QED) is 0.818. The zero-order valence-electron chi connectivity index (χ0n) is 15.7. The number of hydrogen-bond acceptors (Lipinski definition) is 3. The lowest BCUT2D eigenvalue weighted by molar-refractivity contribution is -0.352. The minimum atomic E-state index is -2.58. The molecule has 2 unspecified atom stereocenters. The largest absolute Gasteiger partial charge is 0.326 e. The van der Waals surface area contributed by atoms with Crippen molar-refractivity contribution >= 4 is 11.9 Å². The van der Waals surface area contributed by atoms with Crippen LogP contribution in [0.5, 0.6) is 0 Å². The SMILES string of the molecule is Cc1ccc(C2(c3ccc(C)cc3)OC3(F)C(=O)N(C)C(=O)N(C)C32)cc1. The summed E-state index contributed by atoms with van der Waals surface area (Å²) in [6.45, 7) is 3.91. The molecule has 5 nitrogen and oxygen atoms in total. The second kappa shape index (κ2) is 5.63. The Hall–Kier alpha value is -2.73. The number of fused-ring (bicyclic) bond motifs is 1. The summed E-state index contributed by atoms with van der Waals surface area (Å²) < 4.78 is 21.5. The summed E-state index contributed by atoms with van der Waals surface area (Å²) >= 11 is 0. The van der Waals surface area contributed by atoms with Crippen molar-refractivity contribution in [1.82, 2.24) is 9.80 Å². The number of amides is 3. The summed E-state index contributed by atoms with van der Waals surface area (Å²) in [6.07, 6.45) is 0. The third-order valence-corrected chi connectivity index (χ3v) is 5.58. The van der Waals surface area contributed by atoms with Gasteiger partial charge in [0, 0.05) is 14.1 Å². The number of urea groups is 1. The number of hydrogen-bond donors (Lipinski definition) is 0. The Labute approximate surface area is 157 Å². The molecule has 2 aliphatic rings. The number of nitrogens with zero attached hydrogens (tertiary/aromatic N) is 2. The molecule has 4 rings (SSSR count). The van der Waals surface area contributed by atoms with Gasteiger partial charge in [-0.05, 0) is 25.0 Å². The first-order chi connectivity index (χ1) is 12.7. The highest BCUT2D eigenvalue weighted by Gasteiger charge is 2.77. The summed E-state index contributed by atoms with van der Waals surface area (Å²) in [4.78, 5) is 27.1. The van der Waals surface area contributed by atoms with E-state index in [-0.39, 0.29) is 0 Å². The maximum absolute atomic E-state index is 15.6. The standard InChI is InChI=1S/C21H21FN2O3/c1-13-5-9-15(10-6-13)20(16-11-7-14(2)8-12-16)17-21(22,27-20)18(25)24(4)19(26)23(17)3/h5-12,17H,1-4H3. The van der Waals surface area contributed by atoms with Gasteiger partial charge in [-0.25, -0.2) is 4.79 Å². The molecular formula is C21H21FN2O3. The van der Waals surface area contributed by atoms with Gasteiger partial charge in [0.25, 0.3) is 5.91 Å². The van der Waals surface area contributed by atoms with Crippen LogP contribution in [-0.2, 0) is 15.1 Å². The van der Waals surface area contributed by atoms with Crippen LogP contribution in [0.3, 0.4) is 0 Å². The number of likely N-dealkylation sites (N-methyl/N-ethyl adjacent to an activating group) is 2. The predicted molar refractivity (Wildman–Crippen MR) is 97.8 cm³/mol. The molecule has 0 N–H and O–H groups in total. The number of aryl methyl sites for hydroxylation is 2. The predicted octanol–water partition coefficient (Wildman–Crippen LogP) is 3.14. The number of carbonyl (C=O) groups excluding carboxylic acids is 2. The maximum atomic E-state index is 15.6. The van der Waals surface area contributed by atoms with Crippen LogP contribution in [0.4, 0.5) is 9.18 Å². The van der Waals surface area contributed by atoms with Gasteiger partial charge in [0.2, 0.25) is 0 Å². The second-order valence-corrected chi connectivity index (χ2v) is 7.37. The molecule has 2 heterocycles. The zero-order valence-corrected chi connectivity index (χ0v) is 15.7. The molecule has 2 aromatic carbocycles. The van der Waals surface area contributed by atoms with Crippen LogP contribution in [-0.4, -0.2) is 47.7 Å². The molecule has 140 valence electrons. The van der Waals surface area contributed by atoms with Gasteiger partial charge in [-0.3, -0.25) is 9.69 Å². The molecule has 0 saturated carbocycles. The van der Waals surface area contributed by atoms with Gasteiger partial charge in [0.15, 0.2) is 0 Å². The van der Waals surface area contributed by atoms with Gasteiger partial charge in [0.05, 0.1) is 0 Å². The van der Waals surface area contributed by atoms with Gasteiger partial charge in [-0.15, -0.1) is 0 Å². The fourth-order valence-corrected chi connectivity index (χ4v) is 4.10. The Kier molecular flexibility index (Phi) is 3.69. The lowest BCUT2D eigenvalue weighted by Crippen LogP contribution is -2.83. The monoisotopic (exact) mass is 368 g/mol. The van der Waals surface area contributed by atoms with Crippen molar-refractivity contribution in [3.8, 4) is 0 Å².